The third kappa shape index (κ3) is 5.20. The number of benzene rings is 1. The highest BCUT2D eigenvalue weighted by atomic mass is 35.5. The van der Waals surface area contributed by atoms with Gasteiger partial charge in [-0.05, 0) is 56.2 Å². The van der Waals surface area contributed by atoms with Crippen LogP contribution in [0.5, 0.6) is 0 Å². The number of carbonyl (C=O) groups is 2. The Morgan fingerprint density at radius 1 is 1.00 bits per heavy atom. The van der Waals surface area contributed by atoms with Gasteiger partial charge < -0.3 is 20.9 Å². The normalized spacial score (nSPS) is 20.3. The molecule has 1 saturated carbocycles. The minimum Gasteiger partial charge on any atom is -0.398 e. The van der Waals surface area contributed by atoms with Crippen LogP contribution in [0.25, 0.3) is 0 Å². The topological polar surface area (TPSA) is 78.7 Å². The number of hydrogen-bond donors (Lipinski definition) is 2. The van der Waals surface area contributed by atoms with Gasteiger partial charge in [0.15, 0.2) is 0 Å². The van der Waals surface area contributed by atoms with Crippen LogP contribution < -0.4 is 16.0 Å². The Kier molecular flexibility index (Phi) is 7.87. The number of fused-ring (bicyclic) bond motifs is 1. The lowest BCUT2D eigenvalue weighted by molar-refractivity contribution is -0.137. The SMILES string of the molecule is Cl.Nc1cccc2c1CCCN2CC(=O)NC1CCN(C(=O)C2CCCCC2)CC1. The summed E-state index contributed by atoms with van der Waals surface area (Å²) in [5.74, 6) is 0.649. The quantitative estimate of drug-likeness (QED) is 0.713. The molecular formula is C23H35ClN4O2. The summed E-state index contributed by atoms with van der Waals surface area (Å²) in [4.78, 5) is 29.6. The summed E-state index contributed by atoms with van der Waals surface area (Å²) < 4.78 is 0. The van der Waals surface area contributed by atoms with Gasteiger partial charge in [-0.3, -0.25) is 9.59 Å². The zero-order valence-electron chi connectivity index (χ0n) is 17.8. The van der Waals surface area contributed by atoms with E-state index in [1.165, 1.54) is 24.8 Å². The van der Waals surface area contributed by atoms with Crippen molar-refractivity contribution in [2.45, 2.75) is 63.8 Å². The lowest BCUT2D eigenvalue weighted by Crippen LogP contribution is -2.50. The number of nitrogens with two attached hydrogens (primary N) is 1. The van der Waals surface area contributed by atoms with Gasteiger partial charge >= 0.3 is 0 Å². The van der Waals surface area contributed by atoms with Gasteiger partial charge in [0.1, 0.15) is 0 Å². The molecule has 0 atom stereocenters. The second kappa shape index (κ2) is 10.4. The van der Waals surface area contributed by atoms with E-state index < -0.39 is 0 Å². The Hall–Kier alpha value is -1.95. The largest absolute Gasteiger partial charge is 0.398 e. The lowest BCUT2D eigenvalue weighted by atomic mass is 9.87. The van der Waals surface area contributed by atoms with E-state index >= 15 is 0 Å². The van der Waals surface area contributed by atoms with E-state index in [2.05, 4.69) is 16.3 Å². The molecule has 1 saturated heterocycles. The number of hydrogen-bond acceptors (Lipinski definition) is 4. The molecule has 7 heteroatoms. The maximum Gasteiger partial charge on any atom is 0.239 e. The average molecular weight is 435 g/mol. The molecule has 2 aliphatic heterocycles. The van der Waals surface area contributed by atoms with Crippen LogP contribution in [0.2, 0.25) is 0 Å². The molecule has 1 aliphatic carbocycles. The summed E-state index contributed by atoms with van der Waals surface area (Å²) >= 11 is 0. The zero-order valence-corrected chi connectivity index (χ0v) is 18.6. The Morgan fingerprint density at radius 3 is 2.47 bits per heavy atom. The molecule has 0 bridgehead atoms. The number of nitrogens with zero attached hydrogens (tertiary/aromatic N) is 2. The molecule has 4 rings (SSSR count). The number of likely N-dealkylation sites (tertiary alicyclic amines) is 1. The Labute approximate surface area is 186 Å². The van der Waals surface area contributed by atoms with Crippen molar-refractivity contribution >= 4 is 35.6 Å². The molecule has 1 aromatic rings. The van der Waals surface area contributed by atoms with Gasteiger partial charge in [-0.25, -0.2) is 0 Å². The first-order valence-corrected chi connectivity index (χ1v) is 11.3. The Bertz CT molecular complexity index is 743. The highest BCUT2D eigenvalue weighted by Crippen LogP contribution is 2.31. The first-order valence-electron chi connectivity index (χ1n) is 11.3. The van der Waals surface area contributed by atoms with E-state index in [-0.39, 0.29) is 30.3 Å². The molecule has 0 radical (unpaired) electrons. The summed E-state index contributed by atoms with van der Waals surface area (Å²) in [6, 6.07) is 6.13. The smallest absolute Gasteiger partial charge is 0.239 e. The maximum absolute atomic E-state index is 12.7. The van der Waals surface area contributed by atoms with E-state index in [9.17, 15) is 9.59 Å². The molecule has 3 N–H and O–H groups in total. The second-order valence-electron chi connectivity index (χ2n) is 8.87. The molecule has 0 unspecified atom stereocenters. The van der Waals surface area contributed by atoms with Gasteiger partial charge in [-0.15, -0.1) is 12.4 Å². The van der Waals surface area contributed by atoms with Crippen LogP contribution in [-0.4, -0.2) is 48.9 Å². The molecule has 0 spiro atoms. The van der Waals surface area contributed by atoms with E-state index in [0.717, 1.165) is 69.5 Å². The molecule has 1 aromatic carbocycles. The molecule has 6 nitrogen and oxygen atoms in total. The summed E-state index contributed by atoms with van der Waals surface area (Å²) in [6.07, 6.45) is 9.47. The first-order chi connectivity index (χ1) is 14.1. The predicted molar refractivity (Wildman–Crippen MR) is 123 cm³/mol. The third-order valence-electron chi connectivity index (χ3n) is 6.84. The van der Waals surface area contributed by atoms with Crippen LogP contribution in [0, 0.1) is 5.92 Å². The van der Waals surface area contributed by atoms with Gasteiger partial charge in [-0.1, -0.05) is 25.3 Å². The number of carbonyl (C=O) groups excluding carboxylic acids is 2. The van der Waals surface area contributed by atoms with Crippen molar-refractivity contribution < 1.29 is 9.59 Å². The molecular weight excluding hydrogens is 400 g/mol. The maximum atomic E-state index is 12.7. The molecule has 2 fully saturated rings. The summed E-state index contributed by atoms with van der Waals surface area (Å²) in [5.41, 5.74) is 9.20. The fourth-order valence-corrected chi connectivity index (χ4v) is 5.19. The summed E-state index contributed by atoms with van der Waals surface area (Å²) in [6.45, 7) is 2.79. The van der Waals surface area contributed by atoms with Crippen LogP contribution in [0.15, 0.2) is 18.2 Å². The van der Waals surface area contributed by atoms with Crippen LogP contribution in [-0.2, 0) is 16.0 Å². The van der Waals surface area contributed by atoms with Crippen molar-refractivity contribution in [1.29, 1.82) is 0 Å². The molecule has 0 aromatic heterocycles. The van der Waals surface area contributed by atoms with Crippen molar-refractivity contribution in [3.63, 3.8) is 0 Å². The number of piperidine rings is 1. The van der Waals surface area contributed by atoms with Gasteiger partial charge in [0, 0.05) is 43.0 Å². The number of nitrogens with one attached hydrogen (secondary N) is 1. The fourth-order valence-electron chi connectivity index (χ4n) is 5.19. The van der Waals surface area contributed by atoms with Gasteiger partial charge in [-0.2, -0.15) is 0 Å². The van der Waals surface area contributed by atoms with E-state index in [4.69, 9.17) is 5.73 Å². The van der Waals surface area contributed by atoms with Gasteiger partial charge in [0.05, 0.1) is 6.54 Å². The Balaban J connectivity index is 0.00000256. The second-order valence-corrected chi connectivity index (χ2v) is 8.87. The molecule has 166 valence electrons. The highest BCUT2D eigenvalue weighted by Gasteiger charge is 2.30. The van der Waals surface area contributed by atoms with Crippen molar-refractivity contribution in [3.8, 4) is 0 Å². The van der Waals surface area contributed by atoms with E-state index in [1.807, 2.05) is 17.0 Å². The first kappa shape index (κ1) is 22.7. The zero-order chi connectivity index (χ0) is 20.2. The number of halogens is 1. The molecule has 3 aliphatic rings. The van der Waals surface area contributed by atoms with Crippen molar-refractivity contribution in [2.75, 3.05) is 36.8 Å². The standard InChI is InChI=1S/C23H34N4O2.ClH/c24-20-9-4-10-21-19(20)8-5-13-27(21)16-22(28)25-18-11-14-26(15-12-18)23(29)17-6-2-1-3-7-17;/h4,9-10,17-18H,1-3,5-8,11-16,24H2,(H,25,28);1H. The molecule has 30 heavy (non-hydrogen) atoms. The monoisotopic (exact) mass is 434 g/mol. The molecule has 2 heterocycles. The summed E-state index contributed by atoms with van der Waals surface area (Å²) in [5, 5.41) is 3.20. The number of rotatable bonds is 4. The third-order valence-corrected chi connectivity index (χ3v) is 6.84. The van der Waals surface area contributed by atoms with Crippen LogP contribution in [0.4, 0.5) is 11.4 Å². The van der Waals surface area contributed by atoms with Gasteiger partial charge in [0.25, 0.3) is 0 Å². The predicted octanol–water partition coefficient (Wildman–Crippen LogP) is 3.13. The Morgan fingerprint density at radius 2 is 1.73 bits per heavy atom. The number of amides is 2. The van der Waals surface area contributed by atoms with E-state index in [1.54, 1.807) is 0 Å². The minimum absolute atomic E-state index is 0. The van der Waals surface area contributed by atoms with Crippen molar-refractivity contribution in [2.24, 2.45) is 5.92 Å². The van der Waals surface area contributed by atoms with Crippen molar-refractivity contribution in [3.05, 3.63) is 23.8 Å². The fraction of sp³-hybridized carbons (Fsp3) is 0.652. The van der Waals surface area contributed by atoms with E-state index in [0.29, 0.717) is 12.5 Å². The summed E-state index contributed by atoms with van der Waals surface area (Å²) in [7, 11) is 0. The number of nitrogen functional groups attached to an aromatic ring is 1. The van der Waals surface area contributed by atoms with Gasteiger partial charge in [0.2, 0.25) is 11.8 Å². The lowest BCUT2D eigenvalue weighted by Gasteiger charge is -2.36. The van der Waals surface area contributed by atoms with Crippen molar-refractivity contribution in [1.82, 2.24) is 10.2 Å². The average Bonchev–Trinajstić information content (AvgIpc) is 2.75. The van der Waals surface area contributed by atoms with Crippen LogP contribution in [0.3, 0.4) is 0 Å². The minimum atomic E-state index is 0. The van der Waals surface area contributed by atoms with Crippen LogP contribution in [0.1, 0.15) is 56.9 Å². The number of anilines is 2. The molecule has 2 amide bonds. The van der Waals surface area contributed by atoms with Crippen LogP contribution >= 0.6 is 12.4 Å². The highest BCUT2D eigenvalue weighted by molar-refractivity contribution is 5.85.